The molecule has 3 heterocycles. The summed E-state index contributed by atoms with van der Waals surface area (Å²) in [5.74, 6) is -1.60. The summed E-state index contributed by atoms with van der Waals surface area (Å²) >= 11 is 0. The number of rotatable bonds is 1. The van der Waals surface area contributed by atoms with Gasteiger partial charge in [-0.1, -0.05) is 43.7 Å². The second-order valence-corrected chi connectivity index (χ2v) is 11.9. The molecule has 3 fully saturated rings. The molecule has 2 saturated heterocycles. The van der Waals surface area contributed by atoms with Gasteiger partial charge in [-0.2, -0.15) is 0 Å². The minimum atomic E-state index is -1.33. The lowest BCUT2D eigenvalue weighted by molar-refractivity contribution is -0.234. The molecule has 2 spiro atoms. The van der Waals surface area contributed by atoms with Crippen molar-refractivity contribution in [1.82, 2.24) is 0 Å². The van der Waals surface area contributed by atoms with Gasteiger partial charge in [0.2, 0.25) is 0 Å². The van der Waals surface area contributed by atoms with Crippen LogP contribution in [0.1, 0.15) is 53.4 Å². The number of ether oxygens (including phenoxy) is 5. The molecule has 5 aliphatic rings. The van der Waals surface area contributed by atoms with Gasteiger partial charge >= 0.3 is 11.9 Å². The molecule has 2 bridgehead atoms. The fourth-order valence-corrected chi connectivity index (χ4v) is 7.04. The minimum Gasteiger partial charge on any atom is -0.463 e. The van der Waals surface area contributed by atoms with Crippen molar-refractivity contribution in [3.63, 3.8) is 0 Å². The van der Waals surface area contributed by atoms with E-state index in [2.05, 4.69) is 19.9 Å². The van der Waals surface area contributed by atoms with Crippen molar-refractivity contribution in [1.29, 1.82) is 0 Å². The maximum atomic E-state index is 13.1. The molecular formula is C29H40O9. The Bertz CT molecular complexity index is 1030. The highest BCUT2D eigenvalue weighted by Crippen LogP contribution is 2.72. The molecule has 1 saturated carbocycles. The van der Waals surface area contributed by atoms with Crippen LogP contribution in [-0.2, 0) is 33.3 Å². The lowest BCUT2D eigenvalue weighted by Crippen LogP contribution is -2.66. The van der Waals surface area contributed by atoms with Gasteiger partial charge < -0.3 is 33.9 Å². The monoisotopic (exact) mass is 532 g/mol. The van der Waals surface area contributed by atoms with Crippen LogP contribution in [0.2, 0.25) is 0 Å². The largest absolute Gasteiger partial charge is 0.463 e. The third-order valence-electron chi connectivity index (χ3n) is 9.73. The Morgan fingerprint density at radius 3 is 2.63 bits per heavy atom. The third-order valence-corrected chi connectivity index (χ3v) is 9.73. The van der Waals surface area contributed by atoms with Crippen LogP contribution < -0.4 is 0 Å². The van der Waals surface area contributed by atoms with E-state index >= 15 is 0 Å². The number of aliphatic hydroxyl groups is 2. The second kappa shape index (κ2) is 10.2. The molecule has 0 aromatic rings. The number of esters is 2. The predicted molar refractivity (Wildman–Crippen MR) is 136 cm³/mol. The van der Waals surface area contributed by atoms with Crippen LogP contribution in [-0.4, -0.2) is 84.2 Å². The zero-order chi connectivity index (χ0) is 27.3. The second-order valence-electron chi connectivity index (χ2n) is 11.9. The summed E-state index contributed by atoms with van der Waals surface area (Å²) in [5.41, 5.74) is -0.771. The molecule has 5 rings (SSSR count). The fraction of sp³-hybridized carbons (Fsp3) is 0.724. The highest BCUT2D eigenvalue weighted by atomic mass is 16.6. The first-order valence-electron chi connectivity index (χ1n) is 13.7. The molecule has 0 aromatic heterocycles. The first kappa shape index (κ1) is 27.5. The number of hydrogen-bond donors (Lipinski definition) is 2. The zero-order valence-electron chi connectivity index (χ0n) is 22.6. The number of allylic oxidation sites excluding steroid dienone is 3. The molecule has 0 aromatic carbocycles. The minimum absolute atomic E-state index is 0.0195. The first-order chi connectivity index (χ1) is 18.0. The van der Waals surface area contributed by atoms with Gasteiger partial charge in [0, 0.05) is 24.5 Å². The van der Waals surface area contributed by atoms with Crippen molar-refractivity contribution < 1.29 is 43.5 Å². The van der Waals surface area contributed by atoms with E-state index in [0.717, 1.165) is 6.42 Å². The van der Waals surface area contributed by atoms with E-state index in [-0.39, 0.29) is 25.4 Å². The van der Waals surface area contributed by atoms with Crippen LogP contribution in [0, 0.1) is 16.7 Å². The predicted octanol–water partition coefficient (Wildman–Crippen LogP) is 2.39. The van der Waals surface area contributed by atoms with Gasteiger partial charge in [-0.25, -0.2) is 9.59 Å². The summed E-state index contributed by atoms with van der Waals surface area (Å²) in [6.45, 7) is 8.27. The molecule has 9 heteroatoms. The van der Waals surface area contributed by atoms with Crippen LogP contribution in [0.5, 0.6) is 0 Å². The van der Waals surface area contributed by atoms with Crippen molar-refractivity contribution in [3.8, 4) is 0 Å². The van der Waals surface area contributed by atoms with Crippen molar-refractivity contribution in [2.75, 3.05) is 19.8 Å². The topological polar surface area (TPSA) is 124 Å². The molecule has 0 radical (unpaired) electrons. The number of carbonyl (C=O) groups is 2. The molecule has 38 heavy (non-hydrogen) atoms. The van der Waals surface area contributed by atoms with Gasteiger partial charge in [0.05, 0.1) is 30.3 Å². The van der Waals surface area contributed by atoms with Gasteiger partial charge in [-0.15, -0.1) is 0 Å². The van der Waals surface area contributed by atoms with Crippen LogP contribution in [0.3, 0.4) is 0 Å². The van der Waals surface area contributed by atoms with E-state index in [9.17, 15) is 19.8 Å². The molecule has 0 amide bonds. The number of cyclic esters (lactones) is 1. The van der Waals surface area contributed by atoms with Crippen molar-refractivity contribution in [2.24, 2.45) is 16.7 Å². The summed E-state index contributed by atoms with van der Waals surface area (Å²) in [6, 6.07) is 0. The lowest BCUT2D eigenvalue weighted by atomic mass is 9.51. The third kappa shape index (κ3) is 4.36. The van der Waals surface area contributed by atoms with Crippen molar-refractivity contribution in [3.05, 3.63) is 36.0 Å². The SMILES string of the molecule is CC1=CC2OC3CC4OC(=O)/C=C\C=C/C(C(C)O)OCCC(C)C(O)C(=O)OCC2(CC1)C4(C)C31CO1. The average molecular weight is 533 g/mol. The maximum Gasteiger partial charge on any atom is 0.335 e. The van der Waals surface area contributed by atoms with Crippen LogP contribution in [0.15, 0.2) is 36.0 Å². The van der Waals surface area contributed by atoms with E-state index in [0.29, 0.717) is 25.9 Å². The van der Waals surface area contributed by atoms with Gasteiger partial charge in [0.25, 0.3) is 0 Å². The van der Waals surface area contributed by atoms with Gasteiger partial charge in [-0.05, 0) is 39.0 Å². The summed E-state index contributed by atoms with van der Waals surface area (Å²) in [4.78, 5) is 26.0. The molecule has 2 N–H and O–H groups in total. The number of aliphatic hydroxyl groups excluding tert-OH is 2. The normalized spacial score (nSPS) is 48.0. The lowest BCUT2D eigenvalue weighted by Gasteiger charge is -2.58. The average Bonchev–Trinajstić information content (AvgIpc) is 3.65. The summed E-state index contributed by atoms with van der Waals surface area (Å²) in [6.07, 6.45) is 6.89. The Labute approximate surface area is 223 Å². The van der Waals surface area contributed by atoms with E-state index in [1.807, 2.05) is 0 Å². The Morgan fingerprint density at radius 1 is 1.16 bits per heavy atom. The highest BCUT2D eigenvalue weighted by Gasteiger charge is 2.83. The highest BCUT2D eigenvalue weighted by molar-refractivity contribution is 5.82. The molecule has 10 atom stereocenters. The zero-order valence-corrected chi connectivity index (χ0v) is 22.6. The van der Waals surface area contributed by atoms with Gasteiger partial charge in [0.15, 0.2) is 6.10 Å². The van der Waals surface area contributed by atoms with Crippen molar-refractivity contribution >= 4 is 11.9 Å². The number of epoxide rings is 1. The van der Waals surface area contributed by atoms with Crippen LogP contribution >= 0.6 is 0 Å². The molecule has 9 nitrogen and oxygen atoms in total. The quantitative estimate of drug-likeness (QED) is 0.298. The maximum absolute atomic E-state index is 13.1. The van der Waals surface area contributed by atoms with Crippen LogP contribution in [0.4, 0.5) is 0 Å². The molecule has 210 valence electrons. The Morgan fingerprint density at radius 2 is 1.92 bits per heavy atom. The van der Waals surface area contributed by atoms with Gasteiger partial charge in [-0.3, -0.25) is 0 Å². The van der Waals surface area contributed by atoms with Gasteiger partial charge in [0.1, 0.15) is 24.4 Å². The Balaban J connectivity index is 1.51. The Kier molecular flexibility index (Phi) is 7.37. The van der Waals surface area contributed by atoms with E-state index in [1.165, 1.54) is 11.6 Å². The smallest absolute Gasteiger partial charge is 0.335 e. The van der Waals surface area contributed by atoms with E-state index in [1.54, 1.807) is 32.1 Å². The first-order valence-corrected chi connectivity index (χ1v) is 13.7. The fourth-order valence-electron chi connectivity index (χ4n) is 7.04. The van der Waals surface area contributed by atoms with E-state index in [4.69, 9.17) is 23.7 Å². The molecule has 3 aliphatic heterocycles. The molecule has 2 aliphatic carbocycles. The van der Waals surface area contributed by atoms with E-state index < -0.39 is 58.7 Å². The standard InChI is InChI=1S/C29H40O9/c1-17-9-11-28-15-35-26(33)25(32)18(2)10-12-34-20(19(3)30)7-5-6-8-24(31)38-21-14-23(37-22(28)13-17)29(16-36-29)27(21,28)4/h5-8,13,18-23,25,30,32H,9-12,14-16H2,1-4H3/b7-5-,8-6-. The Hall–Kier alpha value is -2.04. The summed E-state index contributed by atoms with van der Waals surface area (Å²) in [5, 5.41) is 20.8. The molecule has 10 unspecified atom stereocenters. The van der Waals surface area contributed by atoms with Crippen LogP contribution in [0.25, 0.3) is 0 Å². The number of carbonyl (C=O) groups excluding carboxylic acids is 2. The summed E-state index contributed by atoms with van der Waals surface area (Å²) < 4.78 is 30.4. The number of hydrogen-bond acceptors (Lipinski definition) is 9. The van der Waals surface area contributed by atoms with Crippen molar-refractivity contribution in [2.45, 2.75) is 95.6 Å². The summed E-state index contributed by atoms with van der Waals surface area (Å²) in [7, 11) is 0. The molecular weight excluding hydrogens is 492 g/mol.